The lowest BCUT2D eigenvalue weighted by molar-refractivity contribution is 0.581. The molecule has 0 amide bonds. The Kier molecular flexibility index (Phi) is 5.90. The van der Waals surface area contributed by atoms with E-state index in [4.69, 9.17) is 0 Å². The molecular formula is C17H20N4O2S. The molecule has 0 spiro atoms. The lowest BCUT2D eigenvalue weighted by atomic mass is 10.1. The van der Waals surface area contributed by atoms with Gasteiger partial charge in [0.2, 0.25) is 10.0 Å². The summed E-state index contributed by atoms with van der Waals surface area (Å²) in [6.45, 7) is 4.06. The summed E-state index contributed by atoms with van der Waals surface area (Å²) in [5.74, 6) is -0.0783. The molecule has 0 fully saturated rings. The number of anilines is 1. The fourth-order valence-corrected chi connectivity index (χ4v) is 3.19. The van der Waals surface area contributed by atoms with E-state index < -0.39 is 10.0 Å². The van der Waals surface area contributed by atoms with Crippen LogP contribution >= 0.6 is 0 Å². The SMILES string of the molecule is Cc1cc(NCCS(=O)(=O)NCc2ccccc2)c(C#N)c(C)n1. The topological polar surface area (TPSA) is 94.9 Å². The van der Waals surface area contributed by atoms with E-state index in [1.54, 1.807) is 13.0 Å². The Morgan fingerprint density at radius 2 is 1.92 bits per heavy atom. The third-order valence-electron chi connectivity index (χ3n) is 3.47. The van der Waals surface area contributed by atoms with Crippen molar-refractivity contribution >= 4 is 15.7 Å². The first kappa shape index (κ1) is 17.9. The van der Waals surface area contributed by atoms with Crippen molar-refractivity contribution in [1.29, 1.82) is 5.26 Å². The molecule has 1 heterocycles. The van der Waals surface area contributed by atoms with Crippen molar-refractivity contribution in [3.8, 4) is 6.07 Å². The van der Waals surface area contributed by atoms with Gasteiger partial charge in [0.25, 0.3) is 0 Å². The maximum absolute atomic E-state index is 12.1. The molecule has 0 unspecified atom stereocenters. The van der Waals surface area contributed by atoms with Gasteiger partial charge in [-0.15, -0.1) is 0 Å². The molecule has 126 valence electrons. The minimum absolute atomic E-state index is 0.0783. The van der Waals surface area contributed by atoms with Gasteiger partial charge in [-0.3, -0.25) is 4.98 Å². The van der Waals surface area contributed by atoms with E-state index in [0.29, 0.717) is 16.9 Å². The van der Waals surface area contributed by atoms with Crippen molar-refractivity contribution in [2.45, 2.75) is 20.4 Å². The van der Waals surface area contributed by atoms with Gasteiger partial charge < -0.3 is 5.32 Å². The second kappa shape index (κ2) is 7.90. The molecule has 0 radical (unpaired) electrons. The molecule has 2 aromatic rings. The zero-order valence-electron chi connectivity index (χ0n) is 13.7. The number of sulfonamides is 1. The van der Waals surface area contributed by atoms with Gasteiger partial charge >= 0.3 is 0 Å². The smallest absolute Gasteiger partial charge is 0.213 e. The molecule has 0 atom stereocenters. The van der Waals surface area contributed by atoms with Crippen LogP contribution in [0, 0.1) is 25.2 Å². The van der Waals surface area contributed by atoms with E-state index in [2.05, 4.69) is 21.1 Å². The lowest BCUT2D eigenvalue weighted by Crippen LogP contribution is -2.29. The molecule has 7 heteroatoms. The van der Waals surface area contributed by atoms with Gasteiger partial charge in [-0.1, -0.05) is 30.3 Å². The van der Waals surface area contributed by atoms with Crippen LogP contribution in [0.15, 0.2) is 36.4 Å². The Labute approximate surface area is 142 Å². The van der Waals surface area contributed by atoms with Crippen molar-refractivity contribution in [1.82, 2.24) is 9.71 Å². The molecule has 2 N–H and O–H groups in total. The molecule has 0 saturated heterocycles. The second-order valence-electron chi connectivity index (χ2n) is 5.44. The number of rotatable bonds is 7. The maximum Gasteiger partial charge on any atom is 0.213 e. The van der Waals surface area contributed by atoms with Crippen LogP contribution in [0.25, 0.3) is 0 Å². The standard InChI is InChI=1S/C17H20N4O2S/c1-13-10-17(16(11-18)14(2)21-13)19-8-9-24(22,23)20-12-15-6-4-3-5-7-15/h3-7,10,20H,8-9,12H2,1-2H3,(H,19,21). The molecule has 0 aliphatic rings. The van der Waals surface area contributed by atoms with Gasteiger partial charge in [0.1, 0.15) is 6.07 Å². The number of hydrogen-bond donors (Lipinski definition) is 2. The van der Waals surface area contributed by atoms with Gasteiger partial charge in [0.05, 0.1) is 22.7 Å². The molecule has 2 rings (SSSR count). The quantitative estimate of drug-likeness (QED) is 0.802. The average Bonchev–Trinajstić information content (AvgIpc) is 2.53. The Morgan fingerprint density at radius 3 is 2.58 bits per heavy atom. The first-order chi connectivity index (χ1) is 11.4. The summed E-state index contributed by atoms with van der Waals surface area (Å²) in [6.07, 6.45) is 0. The second-order valence-corrected chi connectivity index (χ2v) is 7.36. The van der Waals surface area contributed by atoms with Gasteiger partial charge in [-0.25, -0.2) is 13.1 Å². The molecule has 0 aliphatic carbocycles. The van der Waals surface area contributed by atoms with Crippen LogP contribution in [0.5, 0.6) is 0 Å². The number of aryl methyl sites for hydroxylation is 2. The Bertz CT molecular complexity index is 843. The van der Waals surface area contributed by atoms with E-state index in [9.17, 15) is 13.7 Å². The monoisotopic (exact) mass is 344 g/mol. The summed E-state index contributed by atoms with van der Waals surface area (Å²) in [5, 5.41) is 12.2. The zero-order valence-corrected chi connectivity index (χ0v) is 14.5. The number of pyridine rings is 1. The summed E-state index contributed by atoms with van der Waals surface area (Å²) in [5.41, 5.74) is 3.36. The Morgan fingerprint density at radius 1 is 1.21 bits per heavy atom. The highest BCUT2D eigenvalue weighted by Gasteiger charge is 2.12. The van der Waals surface area contributed by atoms with E-state index in [-0.39, 0.29) is 18.8 Å². The third-order valence-corrected chi connectivity index (χ3v) is 4.79. The van der Waals surface area contributed by atoms with Crippen molar-refractivity contribution in [2.75, 3.05) is 17.6 Å². The first-order valence-electron chi connectivity index (χ1n) is 7.55. The number of benzene rings is 1. The van der Waals surface area contributed by atoms with Crippen molar-refractivity contribution in [2.24, 2.45) is 0 Å². The van der Waals surface area contributed by atoms with Crippen LogP contribution in [0.1, 0.15) is 22.5 Å². The van der Waals surface area contributed by atoms with E-state index in [1.807, 2.05) is 37.3 Å². The maximum atomic E-state index is 12.1. The van der Waals surface area contributed by atoms with Crippen LogP contribution in [-0.4, -0.2) is 25.7 Å². The lowest BCUT2D eigenvalue weighted by Gasteiger charge is -2.11. The van der Waals surface area contributed by atoms with Gasteiger partial charge in [-0.05, 0) is 25.5 Å². The third kappa shape index (κ3) is 5.05. The molecule has 0 aliphatic heterocycles. The number of nitrogens with zero attached hydrogens (tertiary/aromatic N) is 2. The zero-order chi connectivity index (χ0) is 17.6. The predicted octanol–water partition coefficient (Wildman–Crippen LogP) is 2.10. The van der Waals surface area contributed by atoms with Gasteiger partial charge in [0, 0.05) is 18.8 Å². The summed E-state index contributed by atoms with van der Waals surface area (Å²) < 4.78 is 26.7. The van der Waals surface area contributed by atoms with E-state index >= 15 is 0 Å². The van der Waals surface area contributed by atoms with Crippen LogP contribution in [-0.2, 0) is 16.6 Å². The highest BCUT2D eigenvalue weighted by Crippen LogP contribution is 2.18. The summed E-state index contributed by atoms with van der Waals surface area (Å²) in [6, 6.07) is 13.2. The summed E-state index contributed by atoms with van der Waals surface area (Å²) in [7, 11) is -3.40. The van der Waals surface area contributed by atoms with Crippen LogP contribution in [0.2, 0.25) is 0 Å². The normalized spacial score (nSPS) is 11.0. The highest BCUT2D eigenvalue weighted by molar-refractivity contribution is 7.89. The first-order valence-corrected chi connectivity index (χ1v) is 9.20. The van der Waals surface area contributed by atoms with Crippen LogP contribution in [0.3, 0.4) is 0 Å². The summed E-state index contributed by atoms with van der Waals surface area (Å²) in [4.78, 5) is 4.23. The number of hydrogen-bond acceptors (Lipinski definition) is 5. The molecule has 6 nitrogen and oxygen atoms in total. The Hall–Kier alpha value is -2.43. The van der Waals surface area contributed by atoms with Crippen molar-refractivity contribution in [3.63, 3.8) is 0 Å². The molecule has 0 bridgehead atoms. The molecule has 1 aromatic heterocycles. The molecule has 0 saturated carbocycles. The number of aromatic nitrogens is 1. The predicted molar refractivity (Wildman–Crippen MR) is 94.0 cm³/mol. The fourth-order valence-electron chi connectivity index (χ4n) is 2.29. The van der Waals surface area contributed by atoms with Crippen molar-refractivity contribution < 1.29 is 8.42 Å². The minimum atomic E-state index is -3.40. The molecular weight excluding hydrogens is 324 g/mol. The van der Waals surface area contributed by atoms with Crippen LogP contribution < -0.4 is 10.0 Å². The fraction of sp³-hybridized carbons (Fsp3) is 0.294. The van der Waals surface area contributed by atoms with Crippen LogP contribution in [0.4, 0.5) is 5.69 Å². The molecule has 1 aromatic carbocycles. The van der Waals surface area contributed by atoms with Gasteiger partial charge in [0.15, 0.2) is 0 Å². The number of nitrogens with one attached hydrogen (secondary N) is 2. The molecule has 24 heavy (non-hydrogen) atoms. The average molecular weight is 344 g/mol. The number of nitriles is 1. The van der Waals surface area contributed by atoms with E-state index in [1.165, 1.54) is 0 Å². The van der Waals surface area contributed by atoms with Crippen molar-refractivity contribution in [3.05, 3.63) is 58.9 Å². The largest absolute Gasteiger partial charge is 0.383 e. The van der Waals surface area contributed by atoms with Gasteiger partial charge in [-0.2, -0.15) is 5.26 Å². The van der Waals surface area contributed by atoms with E-state index in [0.717, 1.165) is 11.3 Å². The minimum Gasteiger partial charge on any atom is -0.383 e. The Balaban J connectivity index is 1.93. The highest BCUT2D eigenvalue weighted by atomic mass is 32.2. The summed E-state index contributed by atoms with van der Waals surface area (Å²) >= 11 is 0.